The Morgan fingerprint density at radius 1 is 1.53 bits per heavy atom. The van der Waals surface area contributed by atoms with Gasteiger partial charge in [0.2, 0.25) is 5.91 Å². The van der Waals surface area contributed by atoms with Gasteiger partial charge in [0.15, 0.2) is 0 Å². The summed E-state index contributed by atoms with van der Waals surface area (Å²) in [6.45, 7) is 0.608. The van der Waals surface area contributed by atoms with E-state index in [0.29, 0.717) is 25.1 Å². The molecule has 8 heteroatoms. The Labute approximate surface area is 115 Å². The summed E-state index contributed by atoms with van der Waals surface area (Å²) < 4.78 is 0. The molecule has 7 nitrogen and oxygen atoms in total. The van der Waals surface area contributed by atoms with Crippen molar-refractivity contribution in [2.45, 2.75) is 18.9 Å². The Bertz CT molecular complexity index is 364. The van der Waals surface area contributed by atoms with E-state index >= 15 is 0 Å². The number of carboxylic acid groups (broad SMARTS) is 1. The van der Waals surface area contributed by atoms with Crippen LogP contribution in [0.2, 0.25) is 0 Å². The predicted molar refractivity (Wildman–Crippen MR) is 71.8 cm³/mol. The molecule has 0 bridgehead atoms. The molecule has 0 aromatic rings. The van der Waals surface area contributed by atoms with Crippen molar-refractivity contribution >= 4 is 29.7 Å². The van der Waals surface area contributed by atoms with E-state index in [-0.39, 0.29) is 12.5 Å². The lowest BCUT2D eigenvalue weighted by Gasteiger charge is -2.23. The summed E-state index contributed by atoms with van der Waals surface area (Å²) in [6.07, 6.45) is 2.84. The number of amides is 3. The molecule has 1 rings (SSSR count). The number of carboxylic acids is 1. The van der Waals surface area contributed by atoms with Crippen molar-refractivity contribution in [2.24, 2.45) is 11.7 Å². The highest BCUT2D eigenvalue weighted by Crippen LogP contribution is 2.18. The number of rotatable bonds is 6. The molecule has 1 aliphatic rings. The van der Waals surface area contributed by atoms with Crippen molar-refractivity contribution in [1.29, 1.82) is 0 Å². The number of aliphatic carboxylic acids is 1. The molecule has 19 heavy (non-hydrogen) atoms. The van der Waals surface area contributed by atoms with Gasteiger partial charge in [0.25, 0.3) is 0 Å². The molecule has 0 saturated carbocycles. The first-order valence-electron chi connectivity index (χ1n) is 6.02. The van der Waals surface area contributed by atoms with Crippen LogP contribution in [0.25, 0.3) is 0 Å². The van der Waals surface area contributed by atoms with Crippen molar-refractivity contribution in [2.75, 3.05) is 25.1 Å². The second-order valence-corrected chi connectivity index (χ2v) is 5.44. The molecule has 4 N–H and O–H groups in total. The summed E-state index contributed by atoms with van der Waals surface area (Å²) in [5.41, 5.74) is 5.06. The number of nitrogens with zero attached hydrogens (tertiary/aromatic N) is 1. The Morgan fingerprint density at radius 3 is 2.68 bits per heavy atom. The first kappa shape index (κ1) is 15.6. The second-order valence-electron chi connectivity index (χ2n) is 4.45. The van der Waals surface area contributed by atoms with Gasteiger partial charge in [0.1, 0.15) is 6.04 Å². The van der Waals surface area contributed by atoms with Crippen LogP contribution in [0.4, 0.5) is 4.79 Å². The smallest absolute Gasteiger partial charge is 0.312 e. The van der Waals surface area contributed by atoms with Crippen molar-refractivity contribution in [3.63, 3.8) is 0 Å². The van der Waals surface area contributed by atoms with Crippen LogP contribution < -0.4 is 11.1 Å². The fraction of sp³-hybridized carbons (Fsp3) is 0.727. The van der Waals surface area contributed by atoms with Crippen LogP contribution in [0.3, 0.4) is 0 Å². The fourth-order valence-corrected chi connectivity index (χ4v) is 2.52. The summed E-state index contributed by atoms with van der Waals surface area (Å²) in [7, 11) is 0. The van der Waals surface area contributed by atoms with Gasteiger partial charge in [-0.25, -0.2) is 4.79 Å². The number of nitrogens with two attached hydrogens (primary N) is 1. The molecule has 0 aromatic carbocycles. The van der Waals surface area contributed by atoms with Gasteiger partial charge in [0.05, 0.1) is 5.92 Å². The first-order valence-corrected chi connectivity index (χ1v) is 7.41. The molecule has 108 valence electrons. The third-order valence-corrected chi connectivity index (χ3v) is 3.72. The van der Waals surface area contributed by atoms with Crippen LogP contribution >= 0.6 is 11.8 Å². The molecule has 1 aliphatic heterocycles. The summed E-state index contributed by atoms with van der Waals surface area (Å²) in [5, 5.41) is 11.3. The monoisotopic (exact) mass is 289 g/mol. The Kier molecular flexibility index (Phi) is 5.94. The van der Waals surface area contributed by atoms with E-state index in [1.807, 2.05) is 6.26 Å². The Morgan fingerprint density at radius 2 is 2.21 bits per heavy atom. The Balaban J connectivity index is 2.60. The first-order chi connectivity index (χ1) is 8.95. The minimum Gasteiger partial charge on any atom is -0.481 e. The second kappa shape index (κ2) is 7.22. The number of nitrogens with one attached hydrogen (secondary N) is 1. The molecule has 0 aliphatic carbocycles. The zero-order valence-electron chi connectivity index (χ0n) is 10.8. The number of thioether (sulfide) groups is 1. The van der Waals surface area contributed by atoms with Crippen LogP contribution in [0.5, 0.6) is 0 Å². The standard InChI is InChI=1S/C11H19N3O4S/c1-19-5-3-8(13-11(12)18)9(15)14-4-2-7(6-14)10(16)17/h7-8H,2-6H2,1H3,(H,16,17)(H3,12,13,18). The predicted octanol–water partition coefficient (Wildman–Crippen LogP) is -0.290. The fourth-order valence-electron chi connectivity index (χ4n) is 2.05. The van der Waals surface area contributed by atoms with E-state index in [2.05, 4.69) is 5.32 Å². The van der Waals surface area contributed by atoms with Gasteiger partial charge in [-0.1, -0.05) is 0 Å². The molecule has 3 amide bonds. The van der Waals surface area contributed by atoms with Crippen molar-refractivity contribution < 1.29 is 19.5 Å². The normalized spacial score (nSPS) is 20.1. The average Bonchev–Trinajstić information content (AvgIpc) is 2.82. The molecule has 0 radical (unpaired) electrons. The van der Waals surface area contributed by atoms with Gasteiger partial charge in [-0.05, 0) is 24.9 Å². The number of carbonyl (C=O) groups excluding carboxylic acids is 2. The summed E-state index contributed by atoms with van der Waals surface area (Å²) in [4.78, 5) is 35.5. The zero-order valence-corrected chi connectivity index (χ0v) is 11.6. The number of urea groups is 1. The quantitative estimate of drug-likeness (QED) is 0.622. The van der Waals surface area contributed by atoms with E-state index in [4.69, 9.17) is 10.8 Å². The Hall–Kier alpha value is -1.44. The summed E-state index contributed by atoms with van der Waals surface area (Å²) in [6, 6.07) is -1.41. The molecule has 2 atom stereocenters. The summed E-state index contributed by atoms with van der Waals surface area (Å²) in [5.74, 6) is -0.943. The number of hydrogen-bond acceptors (Lipinski definition) is 4. The van der Waals surface area contributed by atoms with Crippen molar-refractivity contribution in [3.8, 4) is 0 Å². The van der Waals surface area contributed by atoms with Crippen molar-refractivity contribution in [3.05, 3.63) is 0 Å². The molecular weight excluding hydrogens is 270 g/mol. The summed E-state index contributed by atoms with van der Waals surface area (Å²) >= 11 is 1.57. The third-order valence-electron chi connectivity index (χ3n) is 3.07. The zero-order chi connectivity index (χ0) is 14.4. The average molecular weight is 289 g/mol. The van der Waals surface area contributed by atoms with Crippen LogP contribution in [-0.2, 0) is 9.59 Å². The lowest BCUT2D eigenvalue weighted by Crippen LogP contribution is -2.50. The maximum atomic E-state index is 12.2. The van der Waals surface area contributed by atoms with E-state index in [0.717, 1.165) is 0 Å². The van der Waals surface area contributed by atoms with E-state index < -0.39 is 24.0 Å². The number of hydrogen-bond donors (Lipinski definition) is 3. The maximum absolute atomic E-state index is 12.2. The van der Waals surface area contributed by atoms with E-state index in [1.165, 1.54) is 4.90 Å². The molecule has 0 spiro atoms. The van der Waals surface area contributed by atoms with Gasteiger partial charge in [0, 0.05) is 13.1 Å². The lowest BCUT2D eigenvalue weighted by molar-refractivity contribution is -0.141. The molecule has 0 aromatic heterocycles. The van der Waals surface area contributed by atoms with Gasteiger partial charge >= 0.3 is 12.0 Å². The topological polar surface area (TPSA) is 113 Å². The van der Waals surface area contributed by atoms with Gasteiger partial charge in [-0.15, -0.1) is 0 Å². The maximum Gasteiger partial charge on any atom is 0.312 e. The van der Waals surface area contributed by atoms with Crippen LogP contribution in [0, 0.1) is 5.92 Å². The number of likely N-dealkylation sites (tertiary alicyclic amines) is 1. The third kappa shape index (κ3) is 4.62. The molecular formula is C11H19N3O4S. The number of carbonyl (C=O) groups is 3. The van der Waals surface area contributed by atoms with Crippen molar-refractivity contribution in [1.82, 2.24) is 10.2 Å². The van der Waals surface area contributed by atoms with Gasteiger partial charge in [-0.3, -0.25) is 9.59 Å². The van der Waals surface area contributed by atoms with E-state index in [1.54, 1.807) is 11.8 Å². The van der Waals surface area contributed by atoms with Gasteiger partial charge in [-0.2, -0.15) is 11.8 Å². The minimum atomic E-state index is -0.890. The SMILES string of the molecule is CSCCC(NC(N)=O)C(=O)N1CCC(C(=O)O)C1. The van der Waals surface area contributed by atoms with Crippen LogP contribution in [0.1, 0.15) is 12.8 Å². The molecule has 1 heterocycles. The molecule has 1 saturated heterocycles. The highest BCUT2D eigenvalue weighted by molar-refractivity contribution is 7.98. The van der Waals surface area contributed by atoms with Crippen LogP contribution in [0.15, 0.2) is 0 Å². The number of primary amides is 1. The lowest BCUT2D eigenvalue weighted by atomic mass is 10.1. The molecule has 1 fully saturated rings. The minimum absolute atomic E-state index is 0.199. The highest BCUT2D eigenvalue weighted by atomic mass is 32.2. The van der Waals surface area contributed by atoms with Crippen LogP contribution in [-0.4, -0.2) is 59.1 Å². The largest absolute Gasteiger partial charge is 0.481 e. The highest BCUT2D eigenvalue weighted by Gasteiger charge is 2.34. The van der Waals surface area contributed by atoms with Gasteiger partial charge < -0.3 is 21.1 Å². The van der Waals surface area contributed by atoms with E-state index in [9.17, 15) is 14.4 Å². The molecule has 2 unspecified atom stereocenters.